The lowest BCUT2D eigenvalue weighted by Gasteiger charge is -2.38. The van der Waals surface area contributed by atoms with Crippen LogP contribution in [0.25, 0.3) is 0 Å². The van der Waals surface area contributed by atoms with Crippen LogP contribution in [-0.2, 0) is 0 Å². The molecule has 0 amide bonds. The number of hydrogen-bond acceptors (Lipinski definition) is 1. The number of hydrogen-bond donors (Lipinski definition) is 1. The van der Waals surface area contributed by atoms with Gasteiger partial charge in [-0.3, -0.25) is 0 Å². The van der Waals surface area contributed by atoms with Crippen molar-refractivity contribution in [2.75, 3.05) is 7.05 Å². The summed E-state index contributed by atoms with van der Waals surface area (Å²) < 4.78 is 39.2. The predicted octanol–water partition coefficient (Wildman–Crippen LogP) is 4.38. The first kappa shape index (κ1) is 15.8. The molecule has 0 saturated heterocycles. The van der Waals surface area contributed by atoms with Gasteiger partial charge < -0.3 is 5.32 Å². The SMILES string of the molecule is CNC(CCC(C)C)C1CCCCC1C(F)(F)F. The lowest BCUT2D eigenvalue weighted by Crippen LogP contribution is -2.44. The number of nitrogens with one attached hydrogen (secondary N) is 1. The average molecular weight is 265 g/mol. The quantitative estimate of drug-likeness (QED) is 0.778. The van der Waals surface area contributed by atoms with Crippen molar-refractivity contribution in [3.05, 3.63) is 0 Å². The van der Waals surface area contributed by atoms with Crippen LogP contribution >= 0.6 is 0 Å². The summed E-state index contributed by atoms with van der Waals surface area (Å²) in [4.78, 5) is 0. The van der Waals surface area contributed by atoms with Gasteiger partial charge in [0, 0.05) is 6.04 Å². The van der Waals surface area contributed by atoms with Gasteiger partial charge in [-0.15, -0.1) is 0 Å². The van der Waals surface area contributed by atoms with Gasteiger partial charge in [-0.05, 0) is 44.6 Å². The van der Waals surface area contributed by atoms with Crippen LogP contribution < -0.4 is 5.32 Å². The van der Waals surface area contributed by atoms with Gasteiger partial charge in [0.25, 0.3) is 0 Å². The zero-order valence-corrected chi connectivity index (χ0v) is 11.7. The highest BCUT2D eigenvalue weighted by Gasteiger charge is 2.47. The first-order chi connectivity index (χ1) is 8.36. The van der Waals surface area contributed by atoms with Gasteiger partial charge in [-0.25, -0.2) is 0 Å². The van der Waals surface area contributed by atoms with Crippen molar-refractivity contribution in [2.45, 2.75) is 64.6 Å². The third-order valence-electron chi connectivity index (χ3n) is 4.18. The normalized spacial score (nSPS) is 27.5. The molecule has 0 aliphatic heterocycles. The van der Waals surface area contributed by atoms with Crippen LogP contribution in [0.5, 0.6) is 0 Å². The van der Waals surface area contributed by atoms with Gasteiger partial charge in [0.05, 0.1) is 5.92 Å². The van der Waals surface area contributed by atoms with E-state index >= 15 is 0 Å². The molecule has 0 aromatic rings. The lowest BCUT2D eigenvalue weighted by atomic mass is 9.73. The number of alkyl halides is 3. The van der Waals surface area contributed by atoms with Crippen LogP contribution in [0.3, 0.4) is 0 Å². The Balaban J connectivity index is 2.68. The fourth-order valence-corrected chi connectivity index (χ4v) is 3.13. The van der Waals surface area contributed by atoms with Crippen molar-refractivity contribution >= 4 is 0 Å². The second-order valence-corrected chi connectivity index (χ2v) is 5.96. The summed E-state index contributed by atoms with van der Waals surface area (Å²) in [7, 11) is 1.80. The Bertz CT molecular complexity index is 238. The second kappa shape index (κ2) is 6.78. The molecule has 4 heteroatoms. The third kappa shape index (κ3) is 4.45. The van der Waals surface area contributed by atoms with Crippen molar-refractivity contribution in [2.24, 2.45) is 17.8 Å². The van der Waals surface area contributed by atoms with Gasteiger partial charge in [-0.1, -0.05) is 26.7 Å². The molecular formula is C14H26F3N. The first-order valence-electron chi connectivity index (χ1n) is 7.10. The first-order valence-corrected chi connectivity index (χ1v) is 7.10. The van der Waals surface area contributed by atoms with Crippen molar-refractivity contribution in [1.29, 1.82) is 0 Å². The monoisotopic (exact) mass is 265 g/mol. The van der Waals surface area contributed by atoms with Crippen LogP contribution in [-0.4, -0.2) is 19.3 Å². The van der Waals surface area contributed by atoms with E-state index < -0.39 is 12.1 Å². The Morgan fingerprint density at radius 1 is 1.11 bits per heavy atom. The fraction of sp³-hybridized carbons (Fsp3) is 1.00. The molecule has 0 spiro atoms. The molecule has 1 rings (SSSR count). The summed E-state index contributed by atoms with van der Waals surface area (Å²) in [5, 5.41) is 3.13. The predicted molar refractivity (Wildman–Crippen MR) is 68.4 cm³/mol. The fourth-order valence-electron chi connectivity index (χ4n) is 3.13. The highest BCUT2D eigenvalue weighted by Crippen LogP contribution is 2.43. The van der Waals surface area contributed by atoms with E-state index in [-0.39, 0.29) is 12.0 Å². The van der Waals surface area contributed by atoms with Gasteiger partial charge in [0.2, 0.25) is 0 Å². The zero-order valence-electron chi connectivity index (χ0n) is 11.7. The average Bonchev–Trinajstić information content (AvgIpc) is 2.29. The molecule has 0 aromatic heterocycles. The minimum atomic E-state index is -4.03. The minimum Gasteiger partial charge on any atom is -0.317 e. The molecule has 1 aliphatic carbocycles. The van der Waals surface area contributed by atoms with Crippen LogP contribution in [0.2, 0.25) is 0 Å². The molecule has 0 aromatic carbocycles. The maximum Gasteiger partial charge on any atom is 0.392 e. The van der Waals surface area contributed by atoms with Gasteiger partial charge in [-0.2, -0.15) is 13.2 Å². The van der Waals surface area contributed by atoms with Crippen molar-refractivity contribution < 1.29 is 13.2 Å². The smallest absolute Gasteiger partial charge is 0.317 e. The maximum atomic E-state index is 13.1. The molecule has 3 atom stereocenters. The molecular weight excluding hydrogens is 239 g/mol. The lowest BCUT2D eigenvalue weighted by molar-refractivity contribution is -0.199. The molecule has 3 unspecified atom stereocenters. The van der Waals surface area contributed by atoms with Crippen molar-refractivity contribution in [3.63, 3.8) is 0 Å². The van der Waals surface area contributed by atoms with Gasteiger partial charge in [0.1, 0.15) is 0 Å². The van der Waals surface area contributed by atoms with Crippen LogP contribution in [0, 0.1) is 17.8 Å². The van der Waals surface area contributed by atoms with Gasteiger partial charge >= 0.3 is 6.18 Å². The summed E-state index contributed by atoms with van der Waals surface area (Å²) in [5.74, 6) is -0.785. The van der Waals surface area contributed by atoms with Crippen molar-refractivity contribution in [1.82, 2.24) is 5.32 Å². The molecule has 18 heavy (non-hydrogen) atoms. The minimum absolute atomic E-state index is 0.0133. The molecule has 0 radical (unpaired) electrons. The summed E-state index contributed by atoms with van der Waals surface area (Å²) >= 11 is 0. The molecule has 0 heterocycles. The zero-order chi connectivity index (χ0) is 13.8. The molecule has 0 bridgehead atoms. The van der Waals surface area contributed by atoms with E-state index in [0.717, 1.165) is 25.7 Å². The van der Waals surface area contributed by atoms with E-state index in [1.807, 2.05) is 0 Å². The molecule has 1 aliphatic rings. The molecule has 1 fully saturated rings. The van der Waals surface area contributed by atoms with E-state index in [4.69, 9.17) is 0 Å². The Morgan fingerprint density at radius 3 is 2.22 bits per heavy atom. The number of rotatable bonds is 5. The maximum absolute atomic E-state index is 13.1. The summed E-state index contributed by atoms with van der Waals surface area (Å²) in [6.45, 7) is 4.24. The van der Waals surface area contributed by atoms with Gasteiger partial charge in [0.15, 0.2) is 0 Å². The Hall–Kier alpha value is -0.250. The second-order valence-electron chi connectivity index (χ2n) is 5.96. The van der Waals surface area contributed by atoms with E-state index in [0.29, 0.717) is 18.8 Å². The standard InChI is InChI=1S/C14H26F3N/c1-10(2)8-9-13(18-3)11-6-4-5-7-12(11)14(15,16)17/h10-13,18H,4-9H2,1-3H3. The summed E-state index contributed by atoms with van der Waals surface area (Å²) in [5.41, 5.74) is 0. The Labute approximate surface area is 109 Å². The highest BCUT2D eigenvalue weighted by atomic mass is 19.4. The largest absolute Gasteiger partial charge is 0.392 e. The van der Waals surface area contributed by atoms with Crippen LogP contribution in [0.4, 0.5) is 13.2 Å². The van der Waals surface area contributed by atoms with E-state index in [9.17, 15) is 13.2 Å². The Kier molecular flexibility index (Phi) is 5.96. The molecule has 108 valence electrons. The van der Waals surface area contributed by atoms with E-state index in [1.54, 1.807) is 7.05 Å². The third-order valence-corrected chi connectivity index (χ3v) is 4.18. The van der Waals surface area contributed by atoms with Crippen LogP contribution in [0.1, 0.15) is 52.4 Å². The van der Waals surface area contributed by atoms with E-state index in [2.05, 4.69) is 19.2 Å². The highest BCUT2D eigenvalue weighted by molar-refractivity contribution is 4.88. The van der Waals surface area contributed by atoms with E-state index in [1.165, 1.54) is 0 Å². The molecule has 1 N–H and O–H groups in total. The molecule has 1 saturated carbocycles. The van der Waals surface area contributed by atoms with Crippen LogP contribution in [0.15, 0.2) is 0 Å². The molecule has 1 nitrogen and oxygen atoms in total. The number of halogens is 3. The topological polar surface area (TPSA) is 12.0 Å². The summed E-state index contributed by atoms with van der Waals surface area (Å²) in [6, 6.07) is 0.0133. The van der Waals surface area contributed by atoms with Crippen molar-refractivity contribution in [3.8, 4) is 0 Å². The summed E-state index contributed by atoms with van der Waals surface area (Å²) in [6.07, 6.45) is 0.510. The Morgan fingerprint density at radius 2 is 1.72 bits per heavy atom.